The second-order valence-corrected chi connectivity index (χ2v) is 6.03. The summed E-state index contributed by atoms with van der Waals surface area (Å²) in [4.78, 5) is 11.1. The van der Waals surface area contributed by atoms with Gasteiger partial charge in [-0.15, -0.1) is 0 Å². The third-order valence-electron chi connectivity index (χ3n) is 3.62. The highest BCUT2D eigenvalue weighted by Gasteiger charge is 2.30. The van der Waals surface area contributed by atoms with Gasteiger partial charge in [0.15, 0.2) is 12.6 Å². The Hall–Kier alpha value is -1.71. The normalized spacial score (nSPS) is 19.1. The summed E-state index contributed by atoms with van der Waals surface area (Å²) >= 11 is 0. The van der Waals surface area contributed by atoms with Crippen LogP contribution in [0.25, 0.3) is 10.8 Å². The van der Waals surface area contributed by atoms with Crippen molar-refractivity contribution >= 4 is 17.1 Å². The van der Waals surface area contributed by atoms with Gasteiger partial charge in [0.05, 0.1) is 13.2 Å². The highest BCUT2D eigenvalue weighted by Crippen LogP contribution is 2.35. The van der Waals surface area contributed by atoms with Crippen molar-refractivity contribution < 1.29 is 14.3 Å². The summed E-state index contributed by atoms with van der Waals surface area (Å²) in [6, 6.07) is 11.6. The van der Waals surface area contributed by atoms with Gasteiger partial charge < -0.3 is 9.47 Å². The Labute approximate surface area is 118 Å². The zero-order valence-corrected chi connectivity index (χ0v) is 11.8. The molecule has 1 heterocycles. The lowest BCUT2D eigenvalue weighted by molar-refractivity contribution is -0.225. The highest BCUT2D eigenvalue weighted by molar-refractivity contribution is 5.99. The first-order chi connectivity index (χ1) is 9.61. The number of aldehydes is 1. The van der Waals surface area contributed by atoms with E-state index < -0.39 is 0 Å². The number of fused-ring (bicyclic) bond motifs is 1. The van der Waals surface area contributed by atoms with Crippen molar-refractivity contribution in [2.24, 2.45) is 5.41 Å². The fourth-order valence-corrected chi connectivity index (χ4v) is 2.53. The summed E-state index contributed by atoms with van der Waals surface area (Å²) in [7, 11) is 0. The Bertz CT molecular complexity index is 636. The van der Waals surface area contributed by atoms with E-state index in [1.54, 1.807) is 0 Å². The standard InChI is InChI=1S/C17H18O3/c1-17(2)10-19-16(20-11-17)15-8-7-12(9-18)13-5-3-4-6-14(13)15/h3-9,16H,10-11H2,1-2H3. The van der Waals surface area contributed by atoms with Gasteiger partial charge in [-0.25, -0.2) is 0 Å². The lowest BCUT2D eigenvalue weighted by Crippen LogP contribution is -2.33. The molecule has 3 heteroatoms. The lowest BCUT2D eigenvalue weighted by atomic mass is 9.94. The van der Waals surface area contributed by atoms with E-state index in [0.29, 0.717) is 18.8 Å². The summed E-state index contributed by atoms with van der Waals surface area (Å²) in [6.45, 7) is 5.58. The molecular weight excluding hydrogens is 252 g/mol. The van der Waals surface area contributed by atoms with E-state index in [9.17, 15) is 4.79 Å². The first-order valence-electron chi connectivity index (χ1n) is 6.81. The quantitative estimate of drug-likeness (QED) is 0.780. The molecule has 0 unspecified atom stereocenters. The van der Waals surface area contributed by atoms with Gasteiger partial charge in [0, 0.05) is 16.5 Å². The van der Waals surface area contributed by atoms with Crippen molar-refractivity contribution in [3.05, 3.63) is 47.5 Å². The predicted octanol–water partition coefficient (Wildman–Crippen LogP) is 3.72. The molecule has 0 spiro atoms. The van der Waals surface area contributed by atoms with Crippen LogP contribution in [0.4, 0.5) is 0 Å². The van der Waals surface area contributed by atoms with E-state index in [1.807, 2.05) is 36.4 Å². The van der Waals surface area contributed by atoms with E-state index in [-0.39, 0.29) is 11.7 Å². The van der Waals surface area contributed by atoms with Crippen molar-refractivity contribution in [3.8, 4) is 0 Å². The maximum Gasteiger partial charge on any atom is 0.184 e. The summed E-state index contributed by atoms with van der Waals surface area (Å²) in [5.41, 5.74) is 1.73. The van der Waals surface area contributed by atoms with Crippen molar-refractivity contribution in [1.29, 1.82) is 0 Å². The predicted molar refractivity (Wildman–Crippen MR) is 77.8 cm³/mol. The van der Waals surface area contributed by atoms with Crippen LogP contribution in [-0.4, -0.2) is 19.5 Å². The highest BCUT2D eigenvalue weighted by atomic mass is 16.7. The molecule has 1 saturated heterocycles. The number of hydrogen-bond donors (Lipinski definition) is 0. The molecular formula is C17H18O3. The lowest BCUT2D eigenvalue weighted by Gasteiger charge is -2.35. The molecule has 0 saturated carbocycles. The second kappa shape index (κ2) is 5.00. The molecule has 1 aliphatic rings. The molecule has 0 N–H and O–H groups in total. The van der Waals surface area contributed by atoms with Crippen molar-refractivity contribution in [2.75, 3.05) is 13.2 Å². The number of rotatable bonds is 2. The van der Waals surface area contributed by atoms with Crippen LogP contribution in [0, 0.1) is 5.41 Å². The monoisotopic (exact) mass is 270 g/mol. The van der Waals surface area contributed by atoms with Gasteiger partial charge in [-0.1, -0.05) is 50.2 Å². The molecule has 0 amide bonds. The average Bonchev–Trinajstić information content (AvgIpc) is 2.46. The van der Waals surface area contributed by atoms with Crippen LogP contribution in [0.5, 0.6) is 0 Å². The third kappa shape index (κ3) is 2.35. The molecule has 3 rings (SSSR count). The van der Waals surface area contributed by atoms with E-state index >= 15 is 0 Å². The SMILES string of the molecule is CC1(C)COC(c2ccc(C=O)c3ccccc23)OC1. The summed E-state index contributed by atoms with van der Waals surface area (Å²) < 4.78 is 11.7. The molecule has 0 aliphatic carbocycles. The Morgan fingerprint density at radius 2 is 1.70 bits per heavy atom. The fourth-order valence-electron chi connectivity index (χ4n) is 2.53. The van der Waals surface area contributed by atoms with Gasteiger partial charge in [-0.05, 0) is 10.8 Å². The molecule has 1 aliphatic heterocycles. The third-order valence-corrected chi connectivity index (χ3v) is 3.62. The molecule has 0 aromatic heterocycles. The van der Waals surface area contributed by atoms with Crippen LogP contribution in [0.3, 0.4) is 0 Å². The van der Waals surface area contributed by atoms with Crippen LogP contribution in [-0.2, 0) is 9.47 Å². The van der Waals surface area contributed by atoms with Gasteiger partial charge in [0.2, 0.25) is 0 Å². The molecule has 104 valence electrons. The van der Waals surface area contributed by atoms with Gasteiger partial charge in [0.1, 0.15) is 0 Å². The van der Waals surface area contributed by atoms with Gasteiger partial charge in [-0.2, -0.15) is 0 Å². The zero-order chi connectivity index (χ0) is 14.2. The van der Waals surface area contributed by atoms with Gasteiger partial charge >= 0.3 is 0 Å². The van der Waals surface area contributed by atoms with E-state index in [4.69, 9.17) is 9.47 Å². The Morgan fingerprint density at radius 1 is 1.05 bits per heavy atom. The van der Waals surface area contributed by atoms with Crippen LogP contribution >= 0.6 is 0 Å². The molecule has 0 bridgehead atoms. The first kappa shape index (κ1) is 13.3. The van der Waals surface area contributed by atoms with Crippen LogP contribution in [0.2, 0.25) is 0 Å². The Morgan fingerprint density at radius 3 is 2.35 bits per heavy atom. The topological polar surface area (TPSA) is 35.5 Å². The smallest absolute Gasteiger partial charge is 0.184 e. The Kier molecular flexibility index (Phi) is 3.32. The molecule has 2 aromatic rings. The first-order valence-corrected chi connectivity index (χ1v) is 6.81. The summed E-state index contributed by atoms with van der Waals surface area (Å²) in [5.74, 6) is 0. The summed E-state index contributed by atoms with van der Waals surface area (Å²) in [5, 5.41) is 1.96. The van der Waals surface area contributed by atoms with Crippen LogP contribution in [0.15, 0.2) is 36.4 Å². The van der Waals surface area contributed by atoms with E-state index in [1.165, 1.54) is 0 Å². The molecule has 20 heavy (non-hydrogen) atoms. The second-order valence-electron chi connectivity index (χ2n) is 6.03. The average molecular weight is 270 g/mol. The minimum atomic E-state index is -0.353. The van der Waals surface area contributed by atoms with E-state index in [0.717, 1.165) is 22.6 Å². The Balaban J connectivity index is 2.03. The van der Waals surface area contributed by atoms with Crippen LogP contribution in [0.1, 0.15) is 36.1 Å². The van der Waals surface area contributed by atoms with Gasteiger partial charge in [-0.3, -0.25) is 4.79 Å². The molecule has 0 radical (unpaired) electrons. The number of hydrogen-bond acceptors (Lipinski definition) is 3. The minimum Gasteiger partial charge on any atom is -0.348 e. The summed E-state index contributed by atoms with van der Waals surface area (Å²) in [6.07, 6.45) is 0.534. The maximum absolute atomic E-state index is 11.1. The van der Waals surface area contributed by atoms with Crippen molar-refractivity contribution in [1.82, 2.24) is 0 Å². The largest absolute Gasteiger partial charge is 0.348 e. The minimum absolute atomic E-state index is 0.0506. The molecule has 0 atom stereocenters. The fraction of sp³-hybridized carbons (Fsp3) is 0.353. The van der Waals surface area contributed by atoms with Crippen molar-refractivity contribution in [2.45, 2.75) is 20.1 Å². The van der Waals surface area contributed by atoms with Gasteiger partial charge in [0.25, 0.3) is 0 Å². The zero-order valence-electron chi connectivity index (χ0n) is 11.8. The number of benzene rings is 2. The molecule has 1 fully saturated rings. The van der Waals surface area contributed by atoms with Crippen LogP contribution < -0.4 is 0 Å². The van der Waals surface area contributed by atoms with E-state index in [2.05, 4.69) is 13.8 Å². The molecule has 2 aromatic carbocycles. The molecule has 3 nitrogen and oxygen atoms in total. The number of carbonyl (C=O) groups is 1. The number of carbonyl (C=O) groups excluding carboxylic acids is 1. The number of ether oxygens (including phenoxy) is 2. The maximum atomic E-state index is 11.1. The van der Waals surface area contributed by atoms with Crippen molar-refractivity contribution in [3.63, 3.8) is 0 Å².